The van der Waals surface area contributed by atoms with Crippen LogP contribution in [0.3, 0.4) is 0 Å². The molecular weight excluding hydrogens is 243 g/mol. The van der Waals surface area contributed by atoms with Crippen LogP contribution in [0.2, 0.25) is 0 Å². The minimum absolute atomic E-state index is 0.963. The van der Waals surface area contributed by atoms with E-state index in [1.807, 2.05) is 26.0 Å². The van der Waals surface area contributed by atoms with Crippen molar-refractivity contribution in [2.45, 2.75) is 13.8 Å². The van der Waals surface area contributed by atoms with Gasteiger partial charge in [0.2, 0.25) is 0 Å². The first-order valence-corrected chi connectivity index (χ1v) is 9.82. The third-order valence-corrected chi connectivity index (χ3v) is 0.961. The summed E-state index contributed by atoms with van der Waals surface area (Å²) in [5.41, 5.74) is 2.02. The van der Waals surface area contributed by atoms with Gasteiger partial charge >= 0.3 is 30.0 Å². The van der Waals surface area contributed by atoms with Crippen LogP contribution in [0.5, 0.6) is 0 Å². The average molecular weight is 251 g/mol. The first-order chi connectivity index (χ1) is 4.79. The predicted octanol–water partition coefficient (Wildman–Crippen LogP) is 2.34. The van der Waals surface area contributed by atoms with E-state index in [1.165, 1.54) is 16.3 Å². The molecule has 0 bridgehead atoms. The molecule has 0 N–H and O–H groups in total. The van der Waals surface area contributed by atoms with Gasteiger partial charge in [-0.2, -0.15) is 6.07 Å². The Morgan fingerprint density at radius 1 is 1.50 bits per heavy atom. The molecule has 1 rings (SSSR count). The summed E-state index contributed by atoms with van der Waals surface area (Å²) in [5.74, 6) is 0. The first kappa shape index (κ1) is 10.3. The predicted molar refractivity (Wildman–Crippen MR) is 41.5 cm³/mol. The fourth-order valence-corrected chi connectivity index (χ4v) is 0.617. The molecule has 0 aliphatic heterocycles. The molecule has 50 valence electrons. The number of aryl methyl sites for hydroxylation is 2. The van der Waals surface area contributed by atoms with Gasteiger partial charge < -0.3 is 0 Å². The van der Waals surface area contributed by atoms with Gasteiger partial charge in [-0.3, -0.25) is 4.98 Å². The summed E-state index contributed by atoms with van der Waals surface area (Å²) < 4.78 is 0. The molecule has 1 nitrogen and oxygen atoms in total. The first-order valence-electron chi connectivity index (χ1n) is 2.88. The van der Waals surface area contributed by atoms with Crippen LogP contribution in [0.1, 0.15) is 11.4 Å². The molecule has 0 spiro atoms. The Morgan fingerprint density at radius 2 is 2.10 bits per heavy atom. The molecule has 1 aromatic heterocycles. The number of aromatic nitrogens is 1. The Hall–Kier alpha value is 0.253. The van der Waals surface area contributed by atoms with Gasteiger partial charge in [-0.25, -0.2) is 12.1 Å². The number of pyridine rings is 1. The van der Waals surface area contributed by atoms with Gasteiger partial charge in [0.15, 0.2) is 0 Å². The zero-order valence-electron chi connectivity index (χ0n) is 6.19. The van der Waals surface area contributed by atoms with E-state index in [1.54, 1.807) is 0 Å². The van der Waals surface area contributed by atoms with Crippen molar-refractivity contribution < 1.29 is 16.3 Å². The number of hydrogen-bond donors (Lipinski definition) is 0. The number of rotatable bonds is 0. The maximum absolute atomic E-state index is 4.12. The van der Waals surface area contributed by atoms with Gasteiger partial charge in [0, 0.05) is 0 Å². The molecule has 0 aliphatic rings. The zero-order valence-corrected chi connectivity index (χ0v) is 10.7. The molecule has 0 saturated carbocycles. The van der Waals surface area contributed by atoms with Crippen LogP contribution in [0.25, 0.3) is 0 Å². The molecule has 0 aliphatic carbocycles. The Balaban J connectivity index is 0.000000371. The summed E-state index contributed by atoms with van der Waals surface area (Å²) in [7, 11) is 0. The summed E-state index contributed by atoms with van der Waals surface area (Å²) >= 11 is 4.25. The van der Waals surface area contributed by atoms with Gasteiger partial charge in [0.25, 0.3) is 0 Å². The van der Waals surface area contributed by atoms with Crippen molar-refractivity contribution in [3.05, 3.63) is 29.6 Å². The van der Waals surface area contributed by atoms with Crippen molar-refractivity contribution in [3.8, 4) is 0 Å². The van der Waals surface area contributed by atoms with Crippen molar-refractivity contribution in [3.63, 3.8) is 0 Å². The van der Waals surface area contributed by atoms with Crippen LogP contribution >= 0.6 is 13.6 Å². The third-order valence-electron chi connectivity index (χ3n) is 0.961. The van der Waals surface area contributed by atoms with Gasteiger partial charge in [0.1, 0.15) is 0 Å². The van der Waals surface area contributed by atoms with Crippen LogP contribution in [0.15, 0.2) is 12.1 Å². The Labute approximate surface area is 78.3 Å². The van der Waals surface area contributed by atoms with E-state index in [-0.39, 0.29) is 0 Å². The standard InChI is InChI=1S/C7H8N.BrH.Zn/c1-6-4-3-5-7(2)8-6;;/h3-4H,1-2H3;1H;/q-1;;+2/p-1. The molecule has 0 fully saturated rings. The summed E-state index contributed by atoms with van der Waals surface area (Å²) in [5, 5.41) is 0. The molecule has 0 aromatic carbocycles. The normalized spacial score (nSPS) is 8.10. The average Bonchev–Trinajstić information content (AvgIpc) is 1.91. The van der Waals surface area contributed by atoms with Crippen molar-refractivity contribution in [2.75, 3.05) is 0 Å². The fourth-order valence-electron chi connectivity index (χ4n) is 0.617. The molecule has 1 aromatic rings. The Morgan fingerprint density at radius 3 is 2.40 bits per heavy atom. The van der Waals surface area contributed by atoms with E-state index in [0.29, 0.717) is 0 Å². The van der Waals surface area contributed by atoms with Crippen molar-refractivity contribution in [1.29, 1.82) is 0 Å². The monoisotopic (exact) mass is 249 g/mol. The molecule has 0 atom stereocenters. The van der Waals surface area contributed by atoms with E-state index in [9.17, 15) is 0 Å². The molecule has 0 saturated heterocycles. The molecule has 1 heterocycles. The Bertz CT molecular complexity index is 173. The van der Waals surface area contributed by atoms with E-state index in [0.717, 1.165) is 11.4 Å². The summed E-state index contributed by atoms with van der Waals surface area (Å²) in [6.45, 7) is 3.91. The van der Waals surface area contributed by atoms with Crippen LogP contribution in [-0.2, 0) is 16.3 Å². The van der Waals surface area contributed by atoms with E-state index in [2.05, 4.69) is 24.7 Å². The van der Waals surface area contributed by atoms with Crippen molar-refractivity contribution in [1.82, 2.24) is 4.98 Å². The van der Waals surface area contributed by atoms with Crippen LogP contribution in [0.4, 0.5) is 0 Å². The topological polar surface area (TPSA) is 12.9 Å². The molecular formula is C7H8BrNZn. The number of hydrogen-bond acceptors (Lipinski definition) is 1. The number of nitrogens with zero attached hydrogens (tertiary/aromatic N) is 1. The van der Waals surface area contributed by atoms with Crippen LogP contribution in [0, 0.1) is 19.9 Å². The second kappa shape index (κ2) is 6.00. The van der Waals surface area contributed by atoms with Gasteiger partial charge in [-0.1, -0.05) is 5.69 Å². The van der Waals surface area contributed by atoms with Gasteiger partial charge in [-0.15, -0.1) is 0 Å². The quantitative estimate of drug-likeness (QED) is 0.509. The summed E-state index contributed by atoms with van der Waals surface area (Å²) in [4.78, 5) is 4.12. The minimum atomic E-state index is 0.963. The second-order valence-corrected chi connectivity index (χ2v) is 1.82. The molecule has 3 heteroatoms. The van der Waals surface area contributed by atoms with Crippen LogP contribution < -0.4 is 0 Å². The molecule has 0 unspecified atom stereocenters. The van der Waals surface area contributed by atoms with E-state index >= 15 is 0 Å². The molecule has 0 amide bonds. The van der Waals surface area contributed by atoms with E-state index < -0.39 is 0 Å². The van der Waals surface area contributed by atoms with Gasteiger partial charge in [0.05, 0.1) is 0 Å². The summed E-state index contributed by atoms with van der Waals surface area (Å²) in [6, 6.07) is 6.79. The Kier molecular flexibility index (Phi) is 6.15. The van der Waals surface area contributed by atoms with E-state index in [4.69, 9.17) is 0 Å². The van der Waals surface area contributed by atoms with Crippen molar-refractivity contribution >= 4 is 13.6 Å². The second-order valence-electron chi connectivity index (χ2n) is 1.82. The van der Waals surface area contributed by atoms with Gasteiger partial charge in [-0.05, 0) is 19.5 Å². The van der Waals surface area contributed by atoms with Crippen molar-refractivity contribution in [2.24, 2.45) is 0 Å². The summed E-state index contributed by atoms with van der Waals surface area (Å²) in [6.07, 6.45) is 0. The maximum atomic E-state index is 4.12. The van der Waals surface area contributed by atoms with Crippen LogP contribution in [-0.4, -0.2) is 4.98 Å². The number of halogens is 1. The third kappa shape index (κ3) is 4.13. The fraction of sp³-hybridized carbons (Fsp3) is 0.286. The molecule has 0 radical (unpaired) electrons. The zero-order chi connectivity index (χ0) is 7.98. The molecule has 10 heavy (non-hydrogen) atoms. The SMILES string of the molecule is Cc1[c-]ccc(C)n1.[Zn+][Br].